The fraction of sp³-hybridized carbons (Fsp3) is 0.235. The van der Waals surface area contributed by atoms with Crippen LogP contribution in [-0.4, -0.2) is 5.24 Å². The Bertz CT molecular complexity index is 579. The molecule has 1 heterocycles. The predicted octanol–water partition coefficient (Wildman–Crippen LogP) is 5.12. The van der Waals surface area contributed by atoms with Gasteiger partial charge in [0, 0.05) is 11.6 Å². The van der Waals surface area contributed by atoms with Gasteiger partial charge in [0.15, 0.2) is 0 Å². The highest BCUT2D eigenvalue weighted by molar-refractivity contribution is 6.66. The van der Waals surface area contributed by atoms with Crippen LogP contribution in [-0.2, 0) is 4.79 Å². The summed E-state index contributed by atoms with van der Waals surface area (Å²) in [7, 11) is 0. The molecule has 0 aliphatic rings. The fourth-order valence-corrected chi connectivity index (χ4v) is 1.85. The summed E-state index contributed by atoms with van der Waals surface area (Å²) in [6, 6.07) is 0. The molecule has 106 valence electrons. The van der Waals surface area contributed by atoms with Crippen molar-refractivity contribution in [2.24, 2.45) is 0 Å². The van der Waals surface area contributed by atoms with Gasteiger partial charge in [0.05, 0.1) is 6.26 Å². The molecule has 0 spiro atoms. The second-order valence-electron chi connectivity index (χ2n) is 4.68. The van der Waals surface area contributed by atoms with Crippen molar-refractivity contribution in [1.29, 1.82) is 0 Å². The zero-order chi connectivity index (χ0) is 15.1. The van der Waals surface area contributed by atoms with Crippen molar-refractivity contribution >= 4 is 22.9 Å². The molecule has 0 N–H and O–H groups in total. The molecule has 1 rings (SSSR count). The largest absolute Gasteiger partial charge is 0.469 e. The van der Waals surface area contributed by atoms with Crippen LogP contribution in [0.25, 0.3) is 6.08 Å². The maximum atomic E-state index is 10.7. The van der Waals surface area contributed by atoms with Gasteiger partial charge in [0.25, 0.3) is 0 Å². The molecule has 3 heteroatoms. The van der Waals surface area contributed by atoms with Gasteiger partial charge in [-0.1, -0.05) is 36.0 Å². The minimum atomic E-state index is -0.460. The Labute approximate surface area is 125 Å². The molecule has 0 saturated heterocycles. The third kappa shape index (κ3) is 5.45. The number of hydrogen-bond acceptors (Lipinski definition) is 2. The molecular formula is C17H19ClO2. The van der Waals surface area contributed by atoms with Crippen LogP contribution in [0.15, 0.2) is 52.2 Å². The molecule has 0 radical (unpaired) electrons. The number of carbonyl (C=O) groups is 1. The zero-order valence-corrected chi connectivity index (χ0v) is 13.0. The summed E-state index contributed by atoms with van der Waals surface area (Å²) in [5.74, 6) is 0.918. The third-order valence-electron chi connectivity index (χ3n) is 2.79. The number of hydrogen-bond donors (Lipinski definition) is 0. The van der Waals surface area contributed by atoms with Gasteiger partial charge in [0.2, 0.25) is 5.24 Å². The van der Waals surface area contributed by atoms with Crippen LogP contribution in [0.3, 0.4) is 0 Å². The van der Waals surface area contributed by atoms with Crippen molar-refractivity contribution in [3.05, 3.63) is 64.7 Å². The van der Waals surface area contributed by atoms with Gasteiger partial charge in [0.1, 0.15) is 5.76 Å². The number of halogens is 1. The topological polar surface area (TPSA) is 30.2 Å². The lowest BCUT2D eigenvalue weighted by molar-refractivity contribution is -0.107. The number of rotatable bonds is 5. The maximum absolute atomic E-state index is 10.7. The summed E-state index contributed by atoms with van der Waals surface area (Å²) in [6.07, 6.45) is 12.9. The second-order valence-corrected chi connectivity index (χ2v) is 5.06. The van der Waals surface area contributed by atoms with E-state index < -0.39 is 5.24 Å². The molecule has 0 aliphatic carbocycles. The molecule has 1 aromatic rings. The summed E-state index contributed by atoms with van der Waals surface area (Å²) in [5.41, 5.74) is 4.16. The SMILES string of the molecule is CC(/C=C/c1c(C)coc1C)=C\C=C\C(C)=C\C(=O)Cl. The molecule has 0 unspecified atom stereocenters. The molecule has 0 aliphatic heterocycles. The van der Waals surface area contributed by atoms with Crippen LogP contribution < -0.4 is 0 Å². The lowest BCUT2D eigenvalue weighted by atomic mass is 10.1. The molecule has 0 aromatic carbocycles. The van der Waals surface area contributed by atoms with Crippen LogP contribution in [0.5, 0.6) is 0 Å². The molecule has 0 saturated carbocycles. The van der Waals surface area contributed by atoms with E-state index in [-0.39, 0.29) is 0 Å². The summed E-state index contributed by atoms with van der Waals surface area (Å²) >= 11 is 5.27. The van der Waals surface area contributed by atoms with Gasteiger partial charge in [-0.3, -0.25) is 4.79 Å². The van der Waals surface area contributed by atoms with Gasteiger partial charge in [-0.15, -0.1) is 0 Å². The van der Waals surface area contributed by atoms with E-state index in [1.54, 1.807) is 6.26 Å². The van der Waals surface area contributed by atoms with Crippen LogP contribution in [0.1, 0.15) is 30.7 Å². The summed E-state index contributed by atoms with van der Waals surface area (Å²) in [4.78, 5) is 10.7. The maximum Gasteiger partial charge on any atom is 0.245 e. The highest BCUT2D eigenvalue weighted by Gasteiger charge is 2.01. The third-order valence-corrected chi connectivity index (χ3v) is 2.90. The van der Waals surface area contributed by atoms with Crippen LogP contribution in [0, 0.1) is 13.8 Å². The van der Waals surface area contributed by atoms with Crippen molar-refractivity contribution in [2.45, 2.75) is 27.7 Å². The van der Waals surface area contributed by atoms with Gasteiger partial charge >= 0.3 is 0 Å². The first-order valence-corrected chi connectivity index (χ1v) is 6.73. The van der Waals surface area contributed by atoms with E-state index in [1.165, 1.54) is 6.08 Å². The van der Waals surface area contributed by atoms with Crippen molar-refractivity contribution in [3.63, 3.8) is 0 Å². The standard InChI is InChI=1S/C17H19ClO2/c1-12(6-5-7-13(2)10-17(18)19)8-9-16-14(3)11-20-15(16)4/h5-11H,1-4H3/b7-5+,9-8+,12-6+,13-10+. The highest BCUT2D eigenvalue weighted by atomic mass is 35.5. The number of carbonyl (C=O) groups excluding carboxylic acids is 1. The van der Waals surface area contributed by atoms with E-state index in [2.05, 4.69) is 0 Å². The smallest absolute Gasteiger partial charge is 0.245 e. The monoisotopic (exact) mass is 290 g/mol. The van der Waals surface area contributed by atoms with Gasteiger partial charge in [-0.2, -0.15) is 0 Å². The van der Waals surface area contributed by atoms with E-state index in [1.807, 2.05) is 58.1 Å². The Morgan fingerprint density at radius 3 is 2.45 bits per heavy atom. The second kappa shape index (κ2) is 7.71. The molecule has 0 bridgehead atoms. The minimum absolute atomic E-state index is 0.460. The van der Waals surface area contributed by atoms with E-state index >= 15 is 0 Å². The average Bonchev–Trinajstić information content (AvgIpc) is 2.65. The molecule has 2 nitrogen and oxygen atoms in total. The van der Waals surface area contributed by atoms with Crippen LogP contribution in [0.4, 0.5) is 0 Å². The fourth-order valence-electron chi connectivity index (χ4n) is 1.68. The first kappa shape index (κ1) is 16.3. The lowest BCUT2D eigenvalue weighted by Gasteiger charge is -1.93. The highest BCUT2D eigenvalue weighted by Crippen LogP contribution is 2.17. The Morgan fingerprint density at radius 1 is 1.20 bits per heavy atom. The quantitative estimate of drug-likeness (QED) is 0.428. The van der Waals surface area contributed by atoms with Crippen molar-refractivity contribution in [2.75, 3.05) is 0 Å². The van der Waals surface area contributed by atoms with E-state index in [0.29, 0.717) is 0 Å². The van der Waals surface area contributed by atoms with Gasteiger partial charge in [-0.25, -0.2) is 0 Å². The van der Waals surface area contributed by atoms with Gasteiger partial charge in [-0.05, 0) is 50.4 Å². The Hall–Kier alpha value is -1.80. The first-order chi connectivity index (χ1) is 9.40. The lowest BCUT2D eigenvalue weighted by Crippen LogP contribution is -1.78. The molecule has 20 heavy (non-hydrogen) atoms. The minimum Gasteiger partial charge on any atom is -0.469 e. The Kier molecular flexibility index (Phi) is 6.26. The molecule has 1 aromatic heterocycles. The van der Waals surface area contributed by atoms with E-state index in [0.717, 1.165) is 28.0 Å². The number of furan rings is 1. The number of aryl methyl sites for hydroxylation is 2. The average molecular weight is 291 g/mol. The Morgan fingerprint density at radius 2 is 1.90 bits per heavy atom. The normalized spacial score (nSPS) is 13.7. The molecule has 0 atom stereocenters. The van der Waals surface area contributed by atoms with Crippen molar-refractivity contribution in [3.8, 4) is 0 Å². The van der Waals surface area contributed by atoms with Gasteiger partial charge < -0.3 is 4.42 Å². The molecular weight excluding hydrogens is 272 g/mol. The summed E-state index contributed by atoms with van der Waals surface area (Å²) in [6.45, 7) is 7.81. The van der Waals surface area contributed by atoms with Crippen LogP contribution in [0.2, 0.25) is 0 Å². The molecule has 0 amide bonds. The number of allylic oxidation sites excluding steroid dienone is 7. The Balaban J connectivity index is 2.72. The first-order valence-electron chi connectivity index (χ1n) is 6.35. The summed E-state index contributed by atoms with van der Waals surface area (Å²) in [5, 5.41) is -0.460. The van der Waals surface area contributed by atoms with E-state index in [4.69, 9.17) is 16.0 Å². The zero-order valence-electron chi connectivity index (χ0n) is 12.2. The van der Waals surface area contributed by atoms with Crippen LogP contribution >= 0.6 is 11.6 Å². The van der Waals surface area contributed by atoms with Crippen molar-refractivity contribution in [1.82, 2.24) is 0 Å². The summed E-state index contributed by atoms with van der Waals surface area (Å²) < 4.78 is 5.34. The van der Waals surface area contributed by atoms with E-state index in [9.17, 15) is 4.79 Å². The predicted molar refractivity (Wildman–Crippen MR) is 84.7 cm³/mol. The molecule has 0 fully saturated rings. The van der Waals surface area contributed by atoms with Crippen molar-refractivity contribution < 1.29 is 9.21 Å².